The van der Waals surface area contributed by atoms with Crippen molar-refractivity contribution in [2.24, 2.45) is 0 Å². The van der Waals surface area contributed by atoms with E-state index in [2.05, 4.69) is 44.7 Å². The third-order valence-electron chi connectivity index (χ3n) is 4.06. The number of hydrogen-bond acceptors (Lipinski definition) is 6. The van der Waals surface area contributed by atoms with E-state index in [0.29, 0.717) is 29.8 Å². The van der Waals surface area contributed by atoms with Crippen molar-refractivity contribution in [2.45, 2.75) is 13.5 Å². The number of nitrogens with one attached hydrogen (secondary N) is 1. The van der Waals surface area contributed by atoms with Crippen LogP contribution in [0.2, 0.25) is 0 Å². The summed E-state index contributed by atoms with van der Waals surface area (Å²) >= 11 is 0. The molecule has 6 nitrogen and oxygen atoms in total. The molecule has 6 heteroatoms. The first-order chi connectivity index (χ1) is 12.8. The molecule has 0 atom stereocenters. The Morgan fingerprint density at radius 2 is 1.69 bits per heavy atom. The molecule has 0 fully saturated rings. The molecule has 4 rings (SSSR count). The van der Waals surface area contributed by atoms with Gasteiger partial charge in [-0.2, -0.15) is 4.98 Å². The minimum atomic E-state index is 0.349. The smallest absolute Gasteiger partial charge is 0.278 e. The SMILES string of the molecule is Cc1ccccc1CNc1ccc(-c2nc(-c3ccccc3)no2)nn1. The summed E-state index contributed by atoms with van der Waals surface area (Å²) in [5, 5.41) is 15.6. The zero-order chi connectivity index (χ0) is 17.8. The average Bonchev–Trinajstić information content (AvgIpc) is 3.19. The van der Waals surface area contributed by atoms with Gasteiger partial charge in [-0.05, 0) is 30.2 Å². The summed E-state index contributed by atoms with van der Waals surface area (Å²) in [6, 6.07) is 21.6. The number of hydrogen-bond donors (Lipinski definition) is 1. The van der Waals surface area contributed by atoms with Crippen LogP contribution in [0.25, 0.3) is 23.0 Å². The molecule has 0 saturated heterocycles. The second kappa shape index (κ2) is 7.14. The summed E-state index contributed by atoms with van der Waals surface area (Å²) in [6.45, 7) is 2.78. The number of benzene rings is 2. The number of nitrogens with zero attached hydrogens (tertiary/aromatic N) is 4. The van der Waals surface area contributed by atoms with Crippen molar-refractivity contribution >= 4 is 5.82 Å². The van der Waals surface area contributed by atoms with Crippen molar-refractivity contribution in [3.8, 4) is 23.0 Å². The van der Waals surface area contributed by atoms with Crippen LogP contribution >= 0.6 is 0 Å². The van der Waals surface area contributed by atoms with Gasteiger partial charge in [0.15, 0.2) is 5.69 Å². The van der Waals surface area contributed by atoms with Crippen LogP contribution in [0.3, 0.4) is 0 Å². The maximum absolute atomic E-state index is 5.31. The van der Waals surface area contributed by atoms with E-state index in [-0.39, 0.29) is 0 Å². The van der Waals surface area contributed by atoms with E-state index >= 15 is 0 Å². The molecule has 4 aromatic rings. The first-order valence-corrected chi connectivity index (χ1v) is 8.31. The maximum Gasteiger partial charge on any atom is 0.278 e. The van der Waals surface area contributed by atoms with Crippen molar-refractivity contribution in [2.75, 3.05) is 5.32 Å². The number of aryl methyl sites for hydroxylation is 1. The fraction of sp³-hybridized carbons (Fsp3) is 0.100. The second-order valence-electron chi connectivity index (χ2n) is 5.87. The van der Waals surface area contributed by atoms with Gasteiger partial charge in [-0.15, -0.1) is 10.2 Å². The fourth-order valence-electron chi connectivity index (χ4n) is 2.57. The Hall–Kier alpha value is -3.54. The lowest BCUT2D eigenvalue weighted by Gasteiger charge is -2.07. The Bertz CT molecular complexity index is 996. The Kier molecular flexibility index (Phi) is 4.38. The van der Waals surface area contributed by atoms with Gasteiger partial charge < -0.3 is 9.84 Å². The van der Waals surface area contributed by atoms with Gasteiger partial charge in [0, 0.05) is 12.1 Å². The van der Waals surface area contributed by atoms with Gasteiger partial charge in [0.1, 0.15) is 5.82 Å². The number of anilines is 1. The van der Waals surface area contributed by atoms with Gasteiger partial charge in [-0.25, -0.2) is 0 Å². The highest BCUT2D eigenvalue weighted by atomic mass is 16.5. The summed E-state index contributed by atoms with van der Waals surface area (Å²) in [5.74, 6) is 1.57. The van der Waals surface area contributed by atoms with E-state index in [1.54, 1.807) is 0 Å². The molecule has 0 saturated carbocycles. The number of rotatable bonds is 5. The van der Waals surface area contributed by atoms with Crippen LogP contribution in [-0.4, -0.2) is 20.3 Å². The van der Waals surface area contributed by atoms with Crippen molar-refractivity contribution in [1.82, 2.24) is 20.3 Å². The standard InChI is InChI=1S/C20H17N5O/c1-14-7-5-6-10-16(14)13-21-18-12-11-17(23-24-18)20-22-19(25-26-20)15-8-3-2-4-9-15/h2-12H,13H2,1H3,(H,21,24). The molecule has 0 unspecified atom stereocenters. The normalized spacial score (nSPS) is 10.7. The van der Waals surface area contributed by atoms with Crippen LogP contribution in [0.1, 0.15) is 11.1 Å². The summed E-state index contributed by atoms with van der Waals surface area (Å²) < 4.78 is 5.31. The molecular formula is C20H17N5O. The van der Waals surface area contributed by atoms with Gasteiger partial charge in [-0.3, -0.25) is 0 Å². The van der Waals surface area contributed by atoms with Crippen molar-refractivity contribution in [1.29, 1.82) is 0 Å². The zero-order valence-electron chi connectivity index (χ0n) is 14.3. The molecular weight excluding hydrogens is 326 g/mol. The van der Waals surface area contributed by atoms with Gasteiger partial charge in [-0.1, -0.05) is 59.8 Å². The molecule has 1 N–H and O–H groups in total. The molecule has 0 radical (unpaired) electrons. The molecule has 128 valence electrons. The van der Waals surface area contributed by atoms with E-state index in [0.717, 1.165) is 5.56 Å². The quantitative estimate of drug-likeness (QED) is 0.587. The lowest BCUT2D eigenvalue weighted by molar-refractivity contribution is 0.430. The average molecular weight is 343 g/mol. The minimum absolute atomic E-state index is 0.349. The van der Waals surface area contributed by atoms with E-state index < -0.39 is 0 Å². The highest BCUT2D eigenvalue weighted by molar-refractivity contribution is 5.57. The third kappa shape index (κ3) is 3.44. The maximum atomic E-state index is 5.31. The van der Waals surface area contributed by atoms with Crippen LogP contribution in [0, 0.1) is 6.92 Å². The molecule has 0 aliphatic heterocycles. The van der Waals surface area contributed by atoms with E-state index in [4.69, 9.17) is 4.52 Å². The lowest BCUT2D eigenvalue weighted by Crippen LogP contribution is -2.03. The lowest BCUT2D eigenvalue weighted by atomic mass is 10.1. The Morgan fingerprint density at radius 1 is 0.885 bits per heavy atom. The molecule has 2 heterocycles. The predicted octanol–water partition coefficient (Wildman–Crippen LogP) is 4.11. The van der Waals surface area contributed by atoms with Gasteiger partial charge in [0.2, 0.25) is 5.82 Å². The molecule has 0 spiro atoms. The van der Waals surface area contributed by atoms with E-state index in [1.165, 1.54) is 11.1 Å². The predicted molar refractivity (Wildman–Crippen MR) is 99.3 cm³/mol. The van der Waals surface area contributed by atoms with E-state index in [9.17, 15) is 0 Å². The molecule has 0 aliphatic carbocycles. The van der Waals surface area contributed by atoms with E-state index in [1.807, 2.05) is 54.6 Å². The van der Waals surface area contributed by atoms with Crippen LogP contribution < -0.4 is 5.32 Å². The molecule has 26 heavy (non-hydrogen) atoms. The van der Waals surface area contributed by atoms with Gasteiger partial charge >= 0.3 is 0 Å². The van der Waals surface area contributed by atoms with Crippen molar-refractivity contribution in [3.05, 3.63) is 77.9 Å². The summed E-state index contributed by atoms with van der Waals surface area (Å²) in [4.78, 5) is 4.38. The summed E-state index contributed by atoms with van der Waals surface area (Å²) in [5.41, 5.74) is 3.90. The second-order valence-corrected chi connectivity index (χ2v) is 5.87. The monoisotopic (exact) mass is 343 g/mol. The van der Waals surface area contributed by atoms with Crippen molar-refractivity contribution < 1.29 is 4.52 Å². The minimum Gasteiger partial charge on any atom is -0.364 e. The highest BCUT2D eigenvalue weighted by Gasteiger charge is 2.12. The largest absolute Gasteiger partial charge is 0.364 e. The van der Waals surface area contributed by atoms with Crippen LogP contribution in [0.5, 0.6) is 0 Å². The van der Waals surface area contributed by atoms with Crippen molar-refractivity contribution in [3.63, 3.8) is 0 Å². The Balaban J connectivity index is 1.46. The molecule has 2 aromatic heterocycles. The van der Waals surface area contributed by atoms with Crippen LogP contribution in [0.4, 0.5) is 5.82 Å². The highest BCUT2D eigenvalue weighted by Crippen LogP contribution is 2.20. The van der Waals surface area contributed by atoms with Gasteiger partial charge in [0.05, 0.1) is 0 Å². The molecule has 0 aliphatic rings. The zero-order valence-corrected chi connectivity index (χ0v) is 14.3. The Labute approximate surface area is 150 Å². The first-order valence-electron chi connectivity index (χ1n) is 8.31. The molecule has 2 aromatic carbocycles. The van der Waals surface area contributed by atoms with Gasteiger partial charge in [0.25, 0.3) is 5.89 Å². The summed E-state index contributed by atoms with van der Waals surface area (Å²) in [6.07, 6.45) is 0. The Morgan fingerprint density at radius 3 is 2.46 bits per heavy atom. The third-order valence-corrected chi connectivity index (χ3v) is 4.06. The van der Waals surface area contributed by atoms with Crippen LogP contribution in [0.15, 0.2) is 71.3 Å². The first kappa shape index (κ1) is 16.0. The molecule has 0 bridgehead atoms. The molecule has 0 amide bonds. The fourth-order valence-corrected chi connectivity index (χ4v) is 2.57. The summed E-state index contributed by atoms with van der Waals surface area (Å²) in [7, 11) is 0. The topological polar surface area (TPSA) is 76.7 Å². The number of aromatic nitrogens is 4. The van der Waals surface area contributed by atoms with Crippen LogP contribution in [-0.2, 0) is 6.54 Å².